The molecule has 26 heavy (non-hydrogen) atoms. The van der Waals surface area contributed by atoms with E-state index in [1.807, 2.05) is 18.2 Å². The van der Waals surface area contributed by atoms with Crippen molar-refractivity contribution < 1.29 is 4.52 Å². The van der Waals surface area contributed by atoms with E-state index in [1.165, 1.54) is 0 Å². The van der Waals surface area contributed by atoms with Crippen molar-refractivity contribution in [2.24, 2.45) is 4.99 Å². The summed E-state index contributed by atoms with van der Waals surface area (Å²) >= 11 is 0. The number of aliphatic imine (C=N–C) groups is 1. The third-order valence-corrected chi connectivity index (χ3v) is 4.01. The first-order valence-electron chi connectivity index (χ1n) is 8.98. The second-order valence-electron chi connectivity index (χ2n) is 5.74. The zero-order valence-electron chi connectivity index (χ0n) is 15.8. The minimum Gasteiger partial charge on any atom is -0.385 e. The van der Waals surface area contributed by atoms with Crippen molar-refractivity contribution in [1.29, 1.82) is 0 Å². The molecule has 1 aromatic carbocycles. The summed E-state index contributed by atoms with van der Waals surface area (Å²) in [7, 11) is 1.78. The average molecular weight is 471 g/mol. The number of aromatic nitrogens is 1. The molecule has 1 heterocycles. The lowest BCUT2D eigenvalue weighted by atomic mass is 10.1. The van der Waals surface area contributed by atoms with Gasteiger partial charge in [-0.1, -0.05) is 37.2 Å². The number of rotatable bonds is 9. The first-order valence-corrected chi connectivity index (χ1v) is 8.98. The van der Waals surface area contributed by atoms with Crippen LogP contribution in [-0.4, -0.2) is 31.3 Å². The Morgan fingerprint density at radius 2 is 1.85 bits per heavy atom. The van der Waals surface area contributed by atoms with E-state index in [-0.39, 0.29) is 24.0 Å². The van der Waals surface area contributed by atoms with Gasteiger partial charge in [-0.15, -0.1) is 24.0 Å². The van der Waals surface area contributed by atoms with Crippen molar-refractivity contribution in [3.05, 3.63) is 47.3 Å². The lowest BCUT2D eigenvalue weighted by Gasteiger charge is -2.12. The van der Waals surface area contributed by atoms with Gasteiger partial charge in [0.1, 0.15) is 5.76 Å². The Bertz CT molecular complexity index is 636. The summed E-state index contributed by atoms with van der Waals surface area (Å²) in [6, 6.07) is 10.2. The normalized spacial score (nSPS) is 11.0. The minimum atomic E-state index is 0. The average Bonchev–Trinajstić information content (AvgIpc) is 3.06. The zero-order chi connectivity index (χ0) is 17.9. The standard InChI is InChI=1S/C19H29N5O.HI/c1-4-17-16(18(5-2)25-24-17)14-23-19(20-3)22-13-9-12-21-15-10-7-6-8-11-15;/h6-8,10-11,21H,4-5,9,12-14H2,1-3H3,(H2,20,22,23);1H. The molecule has 1 aromatic heterocycles. The van der Waals surface area contributed by atoms with Gasteiger partial charge in [-0.25, -0.2) is 0 Å². The molecule has 7 heteroatoms. The molecule has 0 saturated carbocycles. The van der Waals surface area contributed by atoms with Gasteiger partial charge in [0.05, 0.1) is 5.69 Å². The molecule has 6 nitrogen and oxygen atoms in total. The lowest BCUT2D eigenvalue weighted by Crippen LogP contribution is -2.38. The first kappa shape index (κ1) is 22.3. The molecule has 0 amide bonds. The Balaban J connectivity index is 0.00000338. The zero-order valence-corrected chi connectivity index (χ0v) is 18.2. The van der Waals surface area contributed by atoms with Crippen molar-refractivity contribution in [2.75, 3.05) is 25.5 Å². The quantitative estimate of drug-likeness (QED) is 0.226. The smallest absolute Gasteiger partial charge is 0.191 e. The molecule has 2 rings (SSSR count). The van der Waals surface area contributed by atoms with Gasteiger partial charge in [0, 0.05) is 44.4 Å². The van der Waals surface area contributed by atoms with E-state index < -0.39 is 0 Å². The molecule has 0 radical (unpaired) electrons. The Kier molecular flexibility index (Phi) is 10.8. The highest BCUT2D eigenvalue weighted by molar-refractivity contribution is 14.0. The van der Waals surface area contributed by atoms with Crippen molar-refractivity contribution in [3.63, 3.8) is 0 Å². The Morgan fingerprint density at radius 3 is 2.50 bits per heavy atom. The highest BCUT2D eigenvalue weighted by Gasteiger charge is 2.13. The predicted octanol–water partition coefficient (Wildman–Crippen LogP) is 3.58. The molecule has 0 spiro atoms. The molecule has 0 unspecified atom stereocenters. The fraction of sp³-hybridized carbons (Fsp3) is 0.474. The topological polar surface area (TPSA) is 74.5 Å². The molecule has 0 atom stereocenters. The number of nitrogens with one attached hydrogen (secondary N) is 3. The van der Waals surface area contributed by atoms with Gasteiger partial charge in [-0.05, 0) is 25.0 Å². The van der Waals surface area contributed by atoms with Gasteiger partial charge in [0.15, 0.2) is 5.96 Å². The Morgan fingerprint density at radius 1 is 1.08 bits per heavy atom. The van der Waals surface area contributed by atoms with E-state index in [2.05, 4.69) is 52.1 Å². The van der Waals surface area contributed by atoms with E-state index in [0.29, 0.717) is 6.54 Å². The lowest BCUT2D eigenvalue weighted by molar-refractivity contribution is 0.380. The first-order chi connectivity index (χ1) is 12.3. The summed E-state index contributed by atoms with van der Waals surface area (Å²) in [5, 5.41) is 14.2. The molecule has 0 aliphatic carbocycles. The number of anilines is 1. The summed E-state index contributed by atoms with van der Waals surface area (Å²) in [4.78, 5) is 4.28. The third-order valence-electron chi connectivity index (χ3n) is 4.01. The van der Waals surface area contributed by atoms with Gasteiger partial charge >= 0.3 is 0 Å². The number of aryl methyl sites for hydroxylation is 2. The van der Waals surface area contributed by atoms with Crippen LogP contribution in [0.1, 0.15) is 37.3 Å². The molecular weight excluding hydrogens is 441 g/mol. The van der Waals surface area contributed by atoms with Crippen LogP contribution >= 0.6 is 24.0 Å². The monoisotopic (exact) mass is 471 g/mol. The molecule has 0 saturated heterocycles. The molecule has 0 aliphatic rings. The SMILES string of the molecule is CCc1noc(CC)c1CNC(=NC)NCCCNc1ccccc1.I. The summed E-state index contributed by atoms with van der Waals surface area (Å²) < 4.78 is 5.40. The summed E-state index contributed by atoms with van der Waals surface area (Å²) in [6.07, 6.45) is 2.72. The van der Waals surface area contributed by atoms with Crippen LogP contribution in [0.3, 0.4) is 0 Å². The van der Waals surface area contributed by atoms with Crippen molar-refractivity contribution >= 4 is 35.6 Å². The van der Waals surface area contributed by atoms with Crippen molar-refractivity contribution in [3.8, 4) is 0 Å². The number of hydrogen-bond acceptors (Lipinski definition) is 4. The summed E-state index contributed by atoms with van der Waals surface area (Å²) in [6.45, 7) is 6.62. The minimum absolute atomic E-state index is 0. The number of guanidine groups is 1. The number of para-hydroxylation sites is 1. The largest absolute Gasteiger partial charge is 0.385 e. The van der Waals surface area contributed by atoms with Crippen molar-refractivity contribution in [2.45, 2.75) is 39.7 Å². The molecule has 0 fully saturated rings. The van der Waals surface area contributed by atoms with Crippen LogP contribution in [0, 0.1) is 0 Å². The summed E-state index contributed by atoms with van der Waals surface area (Å²) in [5.74, 6) is 1.75. The highest BCUT2D eigenvalue weighted by atomic mass is 127. The molecular formula is C19H30IN5O. The van der Waals surface area contributed by atoms with Crippen LogP contribution in [-0.2, 0) is 19.4 Å². The Labute approximate surface area is 173 Å². The van der Waals surface area contributed by atoms with Gasteiger partial charge in [0.2, 0.25) is 0 Å². The molecule has 2 aromatic rings. The number of nitrogens with zero attached hydrogens (tertiary/aromatic N) is 2. The second-order valence-corrected chi connectivity index (χ2v) is 5.74. The molecule has 0 aliphatic heterocycles. The van der Waals surface area contributed by atoms with E-state index in [0.717, 1.165) is 61.0 Å². The van der Waals surface area contributed by atoms with Crippen LogP contribution in [0.25, 0.3) is 0 Å². The predicted molar refractivity (Wildman–Crippen MR) is 118 cm³/mol. The molecule has 3 N–H and O–H groups in total. The summed E-state index contributed by atoms with van der Waals surface area (Å²) in [5.41, 5.74) is 3.32. The van der Waals surface area contributed by atoms with E-state index >= 15 is 0 Å². The van der Waals surface area contributed by atoms with E-state index in [4.69, 9.17) is 4.52 Å². The maximum Gasteiger partial charge on any atom is 0.191 e. The van der Waals surface area contributed by atoms with Crippen LogP contribution in [0.15, 0.2) is 39.8 Å². The van der Waals surface area contributed by atoms with Crippen LogP contribution in [0.5, 0.6) is 0 Å². The fourth-order valence-electron chi connectivity index (χ4n) is 2.61. The van der Waals surface area contributed by atoms with Crippen LogP contribution < -0.4 is 16.0 Å². The Hall–Kier alpha value is -1.77. The maximum absolute atomic E-state index is 5.40. The molecule has 0 bridgehead atoms. The second kappa shape index (κ2) is 12.6. The van der Waals surface area contributed by atoms with E-state index in [1.54, 1.807) is 7.05 Å². The fourth-order valence-corrected chi connectivity index (χ4v) is 2.61. The van der Waals surface area contributed by atoms with Gasteiger partial charge < -0.3 is 20.5 Å². The van der Waals surface area contributed by atoms with Gasteiger partial charge in [0.25, 0.3) is 0 Å². The number of halogens is 1. The van der Waals surface area contributed by atoms with Gasteiger partial charge in [-0.2, -0.15) is 0 Å². The van der Waals surface area contributed by atoms with Crippen molar-refractivity contribution in [1.82, 2.24) is 15.8 Å². The third kappa shape index (κ3) is 6.86. The highest BCUT2D eigenvalue weighted by Crippen LogP contribution is 2.15. The maximum atomic E-state index is 5.40. The van der Waals surface area contributed by atoms with E-state index in [9.17, 15) is 0 Å². The number of benzene rings is 1. The van der Waals surface area contributed by atoms with Crippen LogP contribution in [0.4, 0.5) is 5.69 Å². The van der Waals surface area contributed by atoms with Crippen LogP contribution in [0.2, 0.25) is 0 Å². The molecule has 144 valence electrons. The van der Waals surface area contributed by atoms with Gasteiger partial charge in [-0.3, -0.25) is 4.99 Å². The number of hydrogen-bond donors (Lipinski definition) is 3.